The van der Waals surface area contributed by atoms with Gasteiger partial charge in [0.15, 0.2) is 0 Å². The highest BCUT2D eigenvalue weighted by atomic mass is 16.2. The van der Waals surface area contributed by atoms with Gasteiger partial charge in [-0.3, -0.25) is 14.5 Å². The predicted octanol–water partition coefficient (Wildman–Crippen LogP) is 1.02. The Labute approximate surface area is 94.1 Å². The third-order valence-corrected chi connectivity index (χ3v) is 3.78. The molecule has 0 spiro atoms. The third-order valence-electron chi connectivity index (χ3n) is 3.78. The van der Waals surface area contributed by atoms with Crippen LogP contribution >= 0.6 is 0 Å². The first kappa shape index (κ1) is 9.58. The molecule has 0 aromatic heterocycles. The Balaban J connectivity index is 2.03. The summed E-state index contributed by atoms with van der Waals surface area (Å²) >= 11 is 0. The van der Waals surface area contributed by atoms with Gasteiger partial charge in [-0.05, 0) is 24.0 Å². The van der Waals surface area contributed by atoms with Gasteiger partial charge in [0, 0.05) is 7.05 Å². The highest BCUT2D eigenvalue weighted by molar-refractivity contribution is 6.05. The van der Waals surface area contributed by atoms with Crippen molar-refractivity contribution in [2.45, 2.75) is 12.8 Å². The molecular formula is C13H13NO2. The molecule has 0 radical (unpaired) electrons. The summed E-state index contributed by atoms with van der Waals surface area (Å²) < 4.78 is 0. The summed E-state index contributed by atoms with van der Waals surface area (Å²) in [6, 6.07) is 8.09. The number of imide groups is 1. The molecule has 2 atom stereocenters. The van der Waals surface area contributed by atoms with Crippen LogP contribution in [-0.2, 0) is 22.4 Å². The minimum atomic E-state index is -0.118. The number of likely N-dealkylation sites (tertiary alicyclic amines) is 1. The number of carbonyl (C=O) groups is 2. The first-order valence-corrected chi connectivity index (χ1v) is 5.56. The number of amides is 2. The molecule has 2 aliphatic rings. The SMILES string of the molecule is CN1C(=O)C2Cc3ccccc3CC2C1=O. The Hall–Kier alpha value is -1.64. The van der Waals surface area contributed by atoms with Gasteiger partial charge in [0.1, 0.15) is 0 Å². The molecule has 1 aliphatic heterocycles. The maximum absolute atomic E-state index is 11.9. The van der Waals surface area contributed by atoms with E-state index in [0.717, 1.165) is 12.8 Å². The van der Waals surface area contributed by atoms with E-state index in [-0.39, 0.29) is 23.7 Å². The lowest BCUT2D eigenvalue weighted by atomic mass is 9.77. The van der Waals surface area contributed by atoms with Gasteiger partial charge < -0.3 is 0 Å². The molecule has 3 nitrogen and oxygen atoms in total. The summed E-state index contributed by atoms with van der Waals surface area (Å²) in [6.45, 7) is 0. The molecule has 16 heavy (non-hydrogen) atoms. The highest BCUT2D eigenvalue weighted by Gasteiger charge is 2.47. The third kappa shape index (κ3) is 1.14. The topological polar surface area (TPSA) is 37.4 Å². The average molecular weight is 215 g/mol. The molecule has 1 aliphatic carbocycles. The maximum Gasteiger partial charge on any atom is 0.233 e. The van der Waals surface area contributed by atoms with Gasteiger partial charge in [-0.25, -0.2) is 0 Å². The molecule has 1 saturated heterocycles. The molecule has 0 saturated carbocycles. The zero-order valence-electron chi connectivity index (χ0n) is 9.14. The molecule has 0 N–H and O–H groups in total. The number of fused-ring (bicyclic) bond motifs is 2. The van der Waals surface area contributed by atoms with Crippen LogP contribution in [-0.4, -0.2) is 23.8 Å². The summed E-state index contributed by atoms with van der Waals surface area (Å²) in [4.78, 5) is 25.0. The Bertz CT molecular complexity index is 438. The lowest BCUT2D eigenvalue weighted by Gasteiger charge is -2.23. The number of carbonyl (C=O) groups excluding carboxylic acids is 2. The van der Waals surface area contributed by atoms with E-state index in [4.69, 9.17) is 0 Å². The molecule has 3 heteroatoms. The monoisotopic (exact) mass is 215 g/mol. The lowest BCUT2D eigenvalue weighted by molar-refractivity contribution is -0.138. The number of rotatable bonds is 0. The second-order valence-electron chi connectivity index (χ2n) is 4.63. The normalized spacial score (nSPS) is 27.9. The zero-order valence-corrected chi connectivity index (χ0v) is 9.14. The Morgan fingerprint density at radius 3 is 1.88 bits per heavy atom. The average Bonchev–Trinajstić information content (AvgIpc) is 2.52. The predicted molar refractivity (Wildman–Crippen MR) is 58.6 cm³/mol. The molecule has 82 valence electrons. The van der Waals surface area contributed by atoms with Crippen molar-refractivity contribution in [2.75, 3.05) is 7.05 Å². The fourth-order valence-electron chi connectivity index (χ4n) is 2.84. The summed E-state index contributed by atoms with van der Waals surface area (Å²) in [5.74, 6) is -0.256. The van der Waals surface area contributed by atoms with E-state index in [2.05, 4.69) is 12.1 Å². The van der Waals surface area contributed by atoms with E-state index in [9.17, 15) is 9.59 Å². The van der Waals surface area contributed by atoms with E-state index in [0.29, 0.717) is 0 Å². The molecule has 3 rings (SSSR count). The van der Waals surface area contributed by atoms with Crippen LogP contribution in [0.1, 0.15) is 11.1 Å². The van der Waals surface area contributed by atoms with E-state index >= 15 is 0 Å². The highest BCUT2D eigenvalue weighted by Crippen LogP contribution is 2.36. The molecule has 2 amide bonds. The first-order chi connectivity index (χ1) is 7.68. The van der Waals surface area contributed by atoms with Gasteiger partial charge in [-0.2, -0.15) is 0 Å². The molecule has 2 unspecified atom stereocenters. The van der Waals surface area contributed by atoms with Crippen LogP contribution in [0.3, 0.4) is 0 Å². The van der Waals surface area contributed by atoms with Crippen LogP contribution in [0, 0.1) is 11.8 Å². The molecule has 1 aromatic rings. The number of hydrogen-bond acceptors (Lipinski definition) is 2. The van der Waals surface area contributed by atoms with E-state index in [1.165, 1.54) is 16.0 Å². The van der Waals surface area contributed by atoms with Crippen LogP contribution < -0.4 is 0 Å². The lowest BCUT2D eigenvalue weighted by Crippen LogP contribution is -2.27. The van der Waals surface area contributed by atoms with Crippen molar-refractivity contribution < 1.29 is 9.59 Å². The summed E-state index contributed by atoms with van der Waals surface area (Å²) in [7, 11) is 1.59. The Morgan fingerprint density at radius 2 is 1.44 bits per heavy atom. The van der Waals surface area contributed by atoms with Crippen molar-refractivity contribution in [3.05, 3.63) is 35.4 Å². The van der Waals surface area contributed by atoms with Gasteiger partial charge >= 0.3 is 0 Å². The van der Waals surface area contributed by atoms with Gasteiger partial charge in [-0.1, -0.05) is 24.3 Å². The molecule has 1 heterocycles. The molecular weight excluding hydrogens is 202 g/mol. The fraction of sp³-hybridized carbons (Fsp3) is 0.385. The number of nitrogens with zero attached hydrogens (tertiary/aromatic N) is 1. The Morgan fingerprint density at radius 1 is 1.00 bits per heavy atom. The van der Waals surface area contributed by atoms with Crippen LogP contribution in [0.5, 0.6) is 0 Å². The van der Waals surface area contributed by atoms with Gasteiger partial charge in [0.25, 0.3) is 0 Å². The van der Waals surface area contributed by atoms with E-state index in [1.54, 1.807) is 7.05 Å². The molecule has 1 fully saturated rings. The first-order valence-electron chi connectivity index (χ1n) is 5.56. The molecule has 1 aromatic carbocycles. The standard InChI is InChI=1S/C13H13NO2/c1-14-12(15)10-6-8-4-2-3-5-9(8)7-11(10)13(14)16/h2-5,10-11H,6-7H2,1H3. The quantitative estimate of drug-likeness (QED) is 0.606. The zero-order chi connectivity index (χ0) is 11.3. The number of benzene rings is 1. The van der Waals surface area contributed by atoms with Crippen molar-refractivity contribution in [2.24, 2.45) is 11.8 Å². The van der Waals surface area contributed by atoms with E-state index < -0.39 is 0 Å². The summed E-state index contributed by atoms with van der Waals surface area (Å²) in [6.07, 6.45) is 1.44. The fourth-order valence-corrected chi connectivity index (χ4v) is 2.84. The van der Waals surface area contributed by atoms with Crippen molar-refractivity contribution in [3.63, 3.8) is 0 Å². The second-order valence-corrected chi connectivity index (χ2v) is 4.63. The van der Waals surface area contributed by atoms with Crippen LogP contribution in [0.4, 0.5) is 0 Å². The van der Waals surface area contributed by atoms with Gasteiger partial charge in [-0.15, -0.1) is 0 Å². The largest absolute Gasteiger partial charge is 0.285 e. The minimum Gasteiger partial charge on any atom is -0.285 e. The smallest absolute Gasteiger partial charge is 0.233 e. The van der Waals surface area contributed by atoms with Crippen molar-refractivity contribution in [3.8, 4) is 0 Å². The minimum absolute atomic E-state index is 0.00972. The van der Waals surface area contributed by atoms with Crippen molar-refractivity contribution >= 4 is 11.8 Å². The van der Waals surface area contributed by atoms with Gasteiger partial charge in [0.05, 0.1) is 11.8 Å². The maximum atomic E-state index is 11.9. The second kappa shape index (κ2) is 3.17. The van der Waals surface area contributed by atoms with E-state index in [1.807, 2.05) is 12.1 Å². The van der Waals surface area contributed by atoms with Crippen molar-refractivity contribution in [1.29, 1.82) is 0 Å². The van der Waals surface area contributed by atoms with Crippen LogP contribution in [0.25, 0.3) is 0 Å². The Kier molecular flexibility index (Phi) is 1.90. The van der Waals surface area contributed by atoms with Crippen LogP contribution in [0.15, 0.2) is 24.3 Å². The van der Waals surface area contributed by atoms with Crippen LogP contribution in [0.2, 0.25) is 0 Å². The molecule has 0 bridgehead atoms. The summed E-state index contributed by atoms with van der Waals surface area (Å²) in [5.41, 5.74) is 2.44. The summed E-state index contributed by atoms with van der Waals surface area (Å²) in [5, 5.41) is 0. The van der Waals surface area contributed by atoms with Crippen molar-refractivity contribution in [1.82, 2.24) is 4.90 Å². The van der Waals surface area contributed by atoms with Gasteiger partial charge in [0.2, 0.25) is 11.8 Å². The number of hydrogen-bond donors (Lipinski definition) is 0.